The van der Waals surface area contributed by atoms with E-state index in [-0.39, 0.29) is 12.5 Å². The molecule has 0 radical (unpaired) electrons. The highest BCUT2D eigenvalue weighted by Crippen LogP contribution is 2.17. The lowest BCUT2D eigenvalue weighted by molar-refractivity contribution is 0.0791. The van der Waals surface area contributed by atoms with E-state index < -0.39 is 0 Å². The lowest BCUT2D eigenvalue weighted by Gasteiger charge is -2.14. The van der Waals surface area contributed by atoms with Crippen molar-refractivity contribution in [3.63, 3.8) is 0 Å². The van der Waals surface area contributed by atoms with Gasteiger partial charge in [-0.15, -0.1) is 22.7 Å². The van der Waals surface area contributed by atoms with E-state index in [1.165, 1.54) is 11.3 Å². The molecule has 0 saturated carbocycles. The molecular weight excluding hydrogens is 280 g/mol. The molecule has 0 aliphatic carbocycles. The van der Waals surface area contributed by atoms with Crippen molar-refractivity contribution in [1.82, 2.24) is 9.88 Å². The van der Waals surface area contributed by atoms with Gasteiger partial charge in [0.25, 0.3) is 5.91 Å². The maximum Gasteiger partial charge on any atom is 0.265 e. The highest BCUT2D eigenvalue weighted by atomic mass is 32.1. The first-order chi connectivity index (χ1) is 9.20. The van der Waals surface area contributed by atoms with Gasteiger partial charge in [0.2, 0.25) is 0 Å². The van der Waals surface area contributed by atoms with Crippen LogP contribution in [-0.2, 0) is 6.54 Å². The van der Waals surface area contributed by atoms with Crippen LogP contribution in [0.2, 0.25) is 0 Å². The fourth-order valence-corrected chi connectivity index (χ4v) is 2.97. The second kappa shape index (κ2) is 6.48. The quantitative estimate of drug-likeness (QED) is 0.878. The number of nitrogens with zero attached hydrogens (tertiary/aromatic N) is 2. The molecule has 1 amide bonds. The number of carbonyl (C=O) groups excluding carboxylic acids is 1. The van der Waals surface area contributed by atoms with Crippen LogP contribution in [0.25, 0.3) is 0 Å². The van der Waals surface area contributed by atoms with Gasteiger partial charge in [0, 0.05) is 22.9 Å². The molecule has 0 spiro atoms. The third kappa shape index (κ3) is 3.64. The predicted octanol–water partition coefficient (Wildman–Crippen LogP) is 1.82. The summed E-state index contributed by atoms with van der Waals surface area (Å²) >= 11 is 2.89. The Labute approximate surface area is 119 Å². The number of rotatable bonds is 3. The summed E-state index contributed by atoms with van der Waals surface area (Å²) in [6.07, 6.45) is 1.58. The van der Waals surface area contributed by atoms with Gasteiger partial charge in [0.05, 0.1) is 18.3 Å². The first-order valence-electron chi connectivity index (χ1n) is 5.52. The first kappa shape index (κ1) is 13.7. The number of thiophene rings is 1. The summed E-state index contributed by atoms with van der Waals surface area (Å²) in [4.78, 5) is 19.3. The summed E-state index contributed by atoms with van der Waals surface area (Å²) in [5.41, 5.74) is 2.52. The highest BCUT2D eigenvalue weighted by molar-refractivity contribution is 7.11. The molecule has 2 heterocycles. The number of aliphatic hydroxyl groups is 1. The minimum atomic E-state index is -0.144. The Balaban J connectivity index is 2.01. The average molecular weight is 292 g/mol. The van der Waals surface area contributed by atoms with Gasteiger partial charge in [-0.05, 0) is 6.07 Å². The summed E-state index contributed by atoms with van der Waals surface area (Å²) in [5.74, 6) is 5.42. The topological polar surface area (TPSA) is 53.4 Å². The summed E-state index contributed by atoms with van der Waals surface area (Å²) in [5, 5.41) is 10.6. The Morgan fingerprint density at radius 2 is 2.37 bits per heavy atom. The summed E-state index contributed by atoms with van der Waals surface area (Å²) in [6, 6.07) is 1.93. The third-order valence-electron chi connectivity index (χ3n) is 2.35. The number of aliphatic hydroxyl groups excluding tert-OH is 1. The fourth-order valence-electron chi connectivity index (χ4n) is 1.49. The molecule has 2 rings (SSSR count). The maximum absolute atomic E-state index is 12.0. The highest BCUT2D eigenvalue weighted by Gasteiger charge is 2.14. The van der Waals surface area contributed by atoms with Crippen LogP contribution in [0.4, 0.5) is 0 Å². The summed E-state index contributed by atoms with van der Waals surface area (Å²) in [6.45, 7) is 0.400. The van der Waals surface area contributed by atoms with Crippen molar-refractivity contribution in [3.05, 3.63) is 38.5 Å². The van der Waals surface area contributed by atoms with Gasteiger partial charge in [0.15, 0.2) is 0 Å². The van der Waals surface area contributed by atoms with Crippen molar-refractivity contribution < 1.29 is 9.90 Å². The zero-order valence-electron chi connectivity index (χ0n) is 10.3. The fraction of sp³-hybridized carbons (Fsp3) is 0.231. The normalized spacial score (nSPS) is 9.79. The van der Waals surface area contributed by atoms with Crippen molar-refractivity contribution >= 4 is 28.6 Å². The molecule has 6 heteroatoms. The molecule has 2 aromatic rings. The molecule has 0 atom stereocenters. The number of amides is 1. The van der Waals surface area contributed by atoms with E-state index in [9.17, 15) is 4.79 Å². The minimum Gasteiger partial charge on any atom is -0.384 e. The Bertz CT molecular complexity index is 608. The minimum absolute atomic E-state index is 0.0288. The molecular formula is C13H12N2O2S2. The number of hydrogen-bond acceptors (Lipinski definition) is 5. The van der Waals surface area contributed by atoms with Crippen molar-refractivity contribution in [1.29, 1.82) is 0 Å². The molecule has 98 valence electrons. The summed E-state index contributed by atoms with van der Waals surface area (Å²) < 4.78 is 0. The maximum atomic E-state index is 12.0. The summed E-state index contributed by atoms with van der Waals surface area (Å²) in [7, 11) is 1.76. The molecule has 4 nitrogen and oxygen atoms in total. The molecule has 0 aliphatic rings. The van der Waals surface area contributed by atoms with E-state index >= 15 is 0 Å². The molecule has 0 aromatic carbocycles. The number of thiazole rings is 1. The van der Waals surface area contributed by atoms with Crippen LogP contribution < -0.4 is 0 Å². The Morgan fingerprint density at radius 1 is 1.53 bits per heavy atom. The second-order valence-corrected chi connectivity index (χ2v) is 5.67. The van der Waals surface area contributed by atoms with Crippen molar-refractivity contribution in [2.45, 2.75) is 6.54 Å². The molecule has 0 saturated heterocycles. The van der Waals surface area contributed by atoms with E-state index in [1.807, 2.05) is 11.4 Å². The van der Waals surface area contributed by atoms with E-state index in [1.54, 1.807) is 35.0 Å². The molecule has 0 unspecified atom stereocenters. The largest absolute Gasteiger partial charge is 0.384 e. The van der Waals surface area contributed by atoms with Gasteiger partial charge in [-0.2, -0.15) is 0 Å². The zero-order valence-corrected chi connectivity index (χ0v) is 11.9. The lowest BCUT2D eigenvalue weighted by Crippen LogP contribution is -2.24. The SMILES string of the molecule is CN(Cc1cc(C#CCO)cs1)C(=O)c1cncs1. The predicted molar refractivity (Wildman–Crippen MR) is 76.2 cm³/mol. The van der Waals surface area contributed by atoms with Gasteiger partial charge in [-0.3, -0.25) is 9.78 Å². The van der Waals surface area contributed by atoms with E-state index in [0.717, 1.165) is 10.4 Å². The van der Waals surface area contributed by atoms with Crippen LogP contribution in [0, 0.1) is 11.8 Å². The number of aromatic nitrogens is 1. The monoisotopic (exact) mass is 292 g/mol. The molecule has 19 heavy (non-hydrogen) atoms. The van der Waals surface area contributed by atoms with Crippen LogP contribution in [-0.4, -0.2) is 34.6 Å². The van der Waals surface area contributed by atoms with Gasteiger partial charge in [-0.1, -0.05) is 11.8 Å². The second-order valence-electron chi connectivity index (χ2n) is 3.79. The van der Waals surface area contributed by atoms with Crippen LogP contribution in [0.3, 0.4) is 0 Å². The van der Waals surface area contributed by atoms with Crippen LogP contribution in [0.1, 0.15) is 20.1 Å². The third-order valence-corrected chi connectivity index (χ3v) is 4.03. The van der Waals surface area contributed by atoms with E-state index in [2.05, 4.69) is 16.8 Å². The first-order valence-corrected chi connectivity index (χ1v) is 7.27. The van der Waals surface area contributed by atoms with E-state index in [0.29, 0.717) is 11.4 Å². The van der Waals surface area contributed by atoms with Crippen molar-refractivity contribution in [2.75, 3.05) is 13.7 Å². The Hall–Kier alpha value is -1.68. The van der Waals surface area contributed by atoms with Crippen LogP contribution in [0.15, 0.2) is 23.2 Å². The van der Waals surface area contributed by atoms with Crippen molar-refractivity contribution in [3.8, 4) is 11.8 Å². The van der Waals surface area contributed by atoms with Crippen molar-refractivity contribution in [2.24, 2.45) is 0 Å². The van der Waals surface area contributed by atoms with Gasteiger partial charge >= 0.3 is 0 Å². The molecule has 0 fully saturated rings. The number of carbonyl (C=O) groups is 1. The lowest BCUT2D eigenvalue weighted by atomic mass is 10.3. The van der Waals surface area contributed by atoms with Gasteiger partial charge in [-0.25, -0.2) is 0 Å². The molecule has 2 aromatic heterocycles. The zero-order chi connectivity index (χ0) is 13.7. The van der Waals surface area contributed by atoms with E-state index in [4.69, 9.17) is 5.11 Å². The van der Waals surface area contributed by atoms with Crippen LogP contribution >= 0.6 is 22.7 Å². The standard InChI is InChI=1S/C13H12N2O2S2/c1-15(13(17)12-6-14-9-19-12)7-11-5-10(8-18-11)3-2-4-16/h5-6,8-9,16H,4,7H2,1H3. The van der Waals surface area contributed by atoms with Gasteiger partial charge in [0.1, 0.15) is 11.5 Å². The smallest absolute Gasteiger partial charge is 0.265 e. The Kier molecular flexibility index (Phi) is 4.68. The molecule has 0 aliphatic heterocycles. The molecule has 1 N–H and O–H groups in total. The van der Waals surface area contributed by atoms with Gasteiger partial charge < -0.3 is 10.0 Å². The van der Waals surface area contributed by atoms with Crippen LogP contribution in [0.5, 0.6) is 0 Å². The average Bonchev–Trinajstić information content (AvgIpc) is 3.06. The Morgan fingerprint density at radius 3 is 3.05 bits per heavy atom. The number of hydrogen-bond donors (Lipinski definition) is 1. The molecule has 0 bridgehead atoms.